The molecule has 0 saturated heterocycles. The number of nitrogens with zero attached hydrogens (tertiary/aromatic N) is 5. The summed E-state index contributed by atoms with van der Waals surface area (Å²) in [7, 11) is 1.63. The second-order valence-corrected chi connectivity index (χ2v) is 6.82. The highest BCUT2D eigenvalue weighted by molar-refractivity contribution is 5.95. The van der Waals surface area contributed by atoms with E-state index in [4.69, 9.17) is 15.5 Å². The van der Waals surface area contributed by atoms with Gasteiger partial charge in [-0.15, -0.1) is 5.10 Å². The highest BCUT2D eigenvalue weighted by Crippen LogP contribution is 2.27. The molecule has 0 radical (unpaired) electrons. The molecule has 5 rings (SSSR count). The Balaban J connectivity index is 1.43. The van der Waals surface area contributed by atoms with Gasteiger partial charge in [0.05, 0.1) is 7.11 Å². The van der Waals surface area contributed by atoms with Crippen molar-refractivity contribution in [2.45, 2.75) is 19.5 Å². The maximum absolute atomic E-state index is 6.12. The number of methoxy groups -OCH3 is 1. The van der Waals surface area contributed by atoms with Crippen molar-refractivity contribution in [2.24, 2.45) is 0 Å². The lowest BCUT2D eigenvalue weighted by atomic mass is 10.1. The Morgan fingerprint density at radius 2 is 1.81 bits per heavy atom. The lowest BCUT2D eigenvalue weighted by molar-refractivity contribution is 0.286. The first-order valence-corrected chi connectivity index (χ1v) is 9.00. The van der Waals surface area contributed by atoms with Gasteiger partial charge in [0.1, 0.15) is 11.3 Å². The van der Waals surface area contributed by atoms with Gasteiger partial charge in [-0.2, -0.15) is 4.52 Å². The van der Waals surface area contributed by atoms with Crippen molar-refractivity contribution in [1.29, 1.82) is 0 Å². The zero-order valence-corrected chi connectivity index (χ0v) is 15.1. The summed E-state index contributed by atoms with van der Waals surface area (Å²) >= 11 is 0. The monoisotopic (exact) mass is 360 g/mol. The largest absolute Gasteiger partial charge is 0.494 e. The molecule has 7 nitrogen and oxygen atoms in total. The summed E-state index contributed by atoms with van der Waals surface area (Å²) in [6.07, 6.45) is 0.764. The highest BCUT2D eigenvalue weighted by Gasteiger charge is 2.19. The number of fused-ring (bicyclic) bond motifs is 4. The molecule has 0 atom stereocenters. The molecule has 2 aromatic heterocycles. The van der Waals surface area contributed by atoms with Gasteiger partial charge in [0, 0.05) is 31.4 Å². The first-order chi connectivity index (χ1) is 13.2. The van der Waals surface area contributed by atoms with Crippen molar-refractivity contribution in [2.75, 3.05) is 19.4 Å². The van der Waals surface area contributed by atoms with Crippen molar-refractivity contribution in [3.8, 4) is 5.75 Å². The van der Waals surface area contributed by atoms with E-state index in [0.29, 0.717) is 17.2 Å². The first-order valence-electron chi connectivity index (χ1n) is 9.00. The van der Waals surface area contributed by atoms with Gasteiger partial charge in [0.2, 0.25) is 5.95 Å². The number of ether oxygens (including phenoxy) is 1. The summed E-state index contributed by atoms with van der Waals surface area (Å²) in [5.74, 6) is 1.77. The van der Waals surface area contributed by atoms with Gasteiger partial charge >= 0.3 is 0 Å². The third-order valence-corrected chi connectivity index (χ3v) is 5.11. The van der Waals surface area contributed by atoms with Crippen LogP contribution in [0, 0.1) is 0 Å². The molecule has 1 aliphatic heterocycles. The third kappa shape index (κ3) is 2.67. The van der Waals surface area contributed by atoms with Crippen LogP contribution < -0.4 is 10.5 Å². The van der Waals surface area contributed by atoms with Gasteiger partial charge in [-0.25, -0.2) is 9.97 Å². The van der Waals surface area contributed by atoms with Gasteiger partial charge < -0.3 is 10.5 Å². The summed E-state index contributed by atoms with van der Waals surface area (Å²) in [5.41, 5.74) is 10.4. The number of hydrogen-bond donors (Lipinski definition) is 1. The molecule has 7 heteroatoms. The minimum Gasteiger partial charge on any atom is -0.494 e. The zero-order valence-electron chi connectivity index (χ0n) is 15.1. The lowest BCUT2D eigenvalue weighted by Crippen LogP contribution is -2.19. The molecule has 0 amide bonds. The summed E-state index contributed by atoms with van der Waals surface area (Å²) in [6.45, 7) is 2.86. The van der Waals surface area contributed by atoms with Gasteiger partial charge in [0.15, 0.2) is 11.5 Å². The van der Waals surface area contributed by atoms with Crippen LogP contribution >= 0.6 is 0 Å². The Labute approximate surface area is 156 Å². The van der Waals surface area contributed by atoms with E-state index in [1.807, 2.05) is 18.2 Å². The van der Waals surface area contributed by atoms with Gasteiger partial charge in [0.25, 0.3) is 0 Å². The second-order valence-electron chi connectivity index (χ2n) is 6.82. The smallest absolute Gasteiger partial charge is 0.223 e. The zero-order chi connectivity index (χ0) is 18.4. The predicted molar refractivity (Wildman–Crippen MR) is 104 cm³/mol. The molecule has 136 valence electrons. The van der Waals surface area contributed by atoms with Crippen LogP contribution in [0.25, 0.3) is 16.6 Å². The molecule has 0 spiro atoms. The highest BCUT2D eigenvalue weighted by atomic mass is 16.5. The summed E-state index contributed by atoms with van der Waals surface area (Å²) in [5, 5.41) is 5.46. The average molecular weight is 360 g/mol. The molecule has 0 bridgehead atoms. The predicted octanol–water partition coefficient (Wildman–Crippen LogP) is 2.43. The number of nitrogens with two attached hydrogens (primary N) is 1. The van der Waals surface area contributed by atoms with Crippen LogP contribution in [-0.2, 0) is 19.5 Å². The van der Waals surface area contributed by atoms with E-state index in [1.54, 1.807) is 11.6 Å². The number of nitrogen functional groups attached to an aromatic ring is 1. The maximum atomic E-state index is 6.12. The van der Waals surface area contributed by atoms with Gasteiger partial charge in [-0.1, -0.05) is 30.3 Å². The van der Waals surface area contributed by atoms with Gasteiger partial charge in [-0.05, 0) is 23.3 Å². The lowest BCUT2D eigenvalue weighted by Gasteiger charge is -2.12. The Morgan fingerprint density at radius 1 is 1.04 bits per heavy atom. The summed E-state index contributed by atoms with van der Waals surface area (Å²) < 4.78 is 7.02. The van der Waals surface area contributed by atoms with Crippen LogP contribution in [0.3, 0.4) is 0 Å². The van der Waals surface area contributed by atoms with Crippen LogP contribution in [0.15, 0.2) is 42.5 Å². The fraction of sp³-hybridized carbons (Fsp3) is 0.250. The summed E-state index contributed by atoms with van der Waals surface area (Å²) in [4.78, 5) is 11.6. The number of anilines is 1. The van der Waals surface area contributed by atoms with Crippen molar-refractivity contribution < 1.29 is 4.74 Å². The van der Waals surface area contributed by atoms with Crippen LogP contribution in [0.4, 0.5) is 5.95 Å². The van der Waals surface area contributed by atoms with Crippen LogP contribution in [0.5, 0.6) is 5.75 Å². The molecule has 1 aliphatic rings. The average Bonchev–Trinajstić information content (AvgIpc) is 3.30. The molecule has 2 N–H and O–H groups in total. The molecule has 2 aromatic carbocycles. The number of aromatic nitrogens is 4. The second kappa shape index (κ2) is 6.21. The normalized spacial score (nSPS) is 14.1. The fourth-order valence-electron chi connectivity index (χ4n) is 3.76. The van der Waals surface area contributed by atoms with Crippen LogP contribution in [0.2, 0.25) is 0 Å². The Hall–Kier alpha value is -3.19. The molecular weight excluding hydrogens is 340 g/mol. The van der Waals surface area contributed by atoms with Crippen molar-refractivity contribution in [3.63, 3.8) is 0 Å². The maximum Gasteiger partial charge on any atom is 0.223 e. The number of benzene rings is 2. The first kappa shape index (κ1) is 16.0. The van der Waals surface area contributed by atoms with E-state index in [2.05, 4.69) is 39.2 Å². The molecule has 27 heavy (non-hydrogen) atoms. The minimum absolute atomic E-state index is 0.314. The quantitative estimate of drug-likeness (QED) is 0.602. The van der Waals surface area contributed by atoms with E-state index < -0.39 is 0 Å². The van der Waals surface area contributed by atoms with E-state index in [0.717, 1.165) is 42.9 Å². The van der Waals surface area contributed by atoms with E-state index >= 15 is 0 Å². The fourth-order valence-corrected chi connectivity index (χ4v) is 3.76. The van der Waals surface area contributed by atoms with Crippen molar-refractivity contribution in [1.82, 2.24) is 24.5 Å². The van der Waals surface area contributed by atoms with E-state index in [1.165, 1.54) is 11.1 Å². The standard InChI is InChI=1S/C20H20N6O/c1-27-16-8-4-7-15-18(16)23-20(21)26-19(15)22-17(24-26)9-10-25-11-13-5-2-3-6-14(13)12-25/h2-8H,9-12H2,1H3,(H2,21,23). The topological polar surface area (TPSA) is 81.6 Å². The molecule has 0 aliphatic carbocycles. The molecule has 0 saturated carbocycles. The van der Waals surface area contributed by atoms with Gasteiger partial charge in [-0.3, -0.25) is 4.90 Å². The van der Waals surface area contributed by atoms with Crippen molar-refractivity contribution in [3.05, 3.63) is 59.4 Å². The number of rotatable bonds is 4. The Kier molecular flexibility index (Phi) is 3.68. The third-order valence-electron chi connectivity index (χ3n) is 5.11. The van der Waals surface area contributed by atoms with Crippen molar-refractivity contribution >= 4 is 22.5 Å². The summed E-state index contributed by atoms with van der Waals surface area (Å²) in [6, 6.07) is 14.4. The van der Waals surface area contributed by atoms with E-state index in [-0.39, 0.29) is 0 Å². The number of para-hydroxylation sites is 1. The van der Waals surface area contributed by atoms with E-state index in [9.17, 15) is 0 Å². The Bertz CT molecular complexity index is 1130. The SMILES string of the molecule is COc1cccc2c1nc(N)n1nc(CCN3Cc4ccccc4C3)nc21. The minimum atomic E-state index is 0.314. The molecule has 3 heterocycles. The van der Waals surface area contributed by atoms with Crippen LogP contribution in [0.1, 0.15) is 17.0 Å². The molecule has 0 unspecified atom stereocenters. The molecular formula is C20H20N6O. The molecule has 0 fully saturated rings. The number of hydrogen-bond acceptors (Lipinski definition) is 6. The van der Waals surface area contributed by atoms with Crippen LogP contribution in [-0.4, -0.2) is 38.1 Å². The Morgan fingerprint density at radius 3 is 2.56 bits per heavy atom. The molecule has 4 aromatic rings.